The molecule has 160 valence electrons. The number of hydrogen-bond acceptors (Lipinski definition) is 4. The van der Waals surface area contributed by atoms with Crippen molar-refractivity contribution in [3.05, 3.63) is 29.3 Å². The minimum absolute atomic E-state index is 0.0275. The normalized spacial score (nSPS) is 20.5. The number of nitrogens with zero attached hydrogens (tertiary/aromatic N) is 1. The molecule has 1 aliphatic carbocycles. The molecule has 2 N–H and O–H groups in total. The second-order valence-electron chi connectivity index (χ2n) is 9.54. The minimum atomic E-state index is -0.938. The number of β-amino-alcohol motifs (C(OH)–C–C–N with tert-alkyl or cyclic N) is 1. The van der Waals surface area contributed by atoms with Crippen LogP contribution in [0.3, 0.4) is 0 Å². The molecule has 1 aliphatic heterocycles. The van der Waals surface area contributed by atoms with Crippen LogP contribution < -0.4 is 10.1 Å². The Morgan fingerprint density at radius 3 is 2.41 bits per heavy atom. The van der Waals surface area contributed by atoms with Crippen molar-refractivity contribution >= 4 is 11.9 Å². The Bertz CT molecular complexity index is 761. The third-order valence-electron chi connectivity index (χ3n) is 6.07. The summed E-state index contributed by atoms with van der Waals surface area (Å²) in [6.07, 6.45) is 4.49. The van der Waals surface area contributed by atoms with Crippen molar-refractivity contribution in [3.8, 4) is 5.75 Å². The van der Waals surface area contributed by atoms with Crippen molar-refractivity contribution in [3.63, 3.8) is 0 Å². The first-order valence-corrected chi connectivity index (χ1v) is 10.7. The van der Waals surface area contributed by atoms with Gasteiger partial charge in [-0.3, -0.25) is 9.69 Å². The lowest BCUT2D eigenvalue weighted by molar-refractivity contribution is -0.132. The summed E-state index contributed by atoms with van der Waals surface area (Å²) in [6.45, 7) is 8.43. The summed E-state index contributed by atoms with van der Waals surface area (Å²) in [4.78, 5) is 26.5. The van der Waals surface area contributed by atoms with E-state index < -0.39 is 17.7 Å². The van der Waals surface area contributed by atoms with Crippen LogP contribution in [0.4, 0.5) is 4.79 Å². The topological polar surface area (TPSA) is 78.9 Å². The molecule has 6 heteroatoms. The Labute approximate surface area is 173 Å². The number of amides is 3. The molecule has 1 aromatic carbocycles. The van der Waals surface area contributed by atoms with Gasteiger partial charge in [-0.05, 0) is 42.4 Å². The second kappa shape index (κ2) is 8.34. The third kappa shape index (κ3) is 4.74. The van der Waals surface area contributed by atoms with Crippen LogP contribution >= 0.6 is 0 Å². The van der Waals surface area contributed by atoms with E-state index in [0.29, 0.717) is 18.6 Å². The first-order valence-electron chi connectivity index (χ1n) is 10.7. The summed E-state index contributed by atoms with van der Waals surface area (Å²) in [6, 6.07) is 5.63. The molecule has 0 bridgehead atoms. The van der Waals surface area contributed by atoms with Gasteiger partial charge in [0.15, 0.2) is 0 Å². The van der Waals surface area contributed by atoms with Gasteiger partial charge in [-0.2, -0.15) is 0 Å². The first-order chi connectivity index (χ1) is 13.6. The van der Waals surface area contributed by atoms with E-state index >= 15 is 0 Å². The van der Waals surface area contributed by atoms with Gasteiger partial charge in [-0.25, -0.2) is 4.79 Å². The predicted molar refractivity (Wildman–Crippen MR) is 112 cm³/mol. The number of aryl methyl sites for hydroxylation is 1. The van der Waals surface area contributed by atoms with Crippen LogP contribution in [0.2, 0.25) is 0 Å². The maximum absolute atomic E-state index is 12.9. The fourth-order valence-electron chi connectivity index (χ4n) is 4.24. The Balaban J connectivity index is 1.59. The maximum atomic E-state index is 12.9. The molecule has 3 rings (SSSR count). The monoisotopic (exact) mass is 402 g/mol. The molecule has 0 radical (unpaired) electrons. The lowest BCUT2D eigenvalue weighted by Crippen LogP contribution is -2.47. The molecule has 6 nitrogen and oxygen atoms in total. The number of aliphatic hydroxyl groups excluding tert-OH is 1. The molecule has 1 unspecified atom stereocenters. The number of urea groups is 1. The first kappa shape index (κ1) is 21.6. The molecule has 1 saturated carbocycles. The number of rotatable bonds is 5. The summed E-state index contributed by atoms with van der Waals surface area (Å²) in [5.74, 6) is 0.503. The van der Waals surface area contributed by atoms with E-state index in [1.807, 2.05) is 19.1 Å². The molecule has 3 amide bonds. The fourth-order valence-corrected chi connectivity index (χ4v) is 4.24. The summed E-state index contributed by atoms with van der Waals surface area (Å²) >= 11 is 0. The van der Waals surface area contributed by atoms with Crippen molar-refractivity contribution in [1.29, 1.82) is 0 Å². The van der Waals surface area contributed by atoms with Gasteiger partial charge in [0.25, 0.3) is 5.91 Å². The number of imide groups is 1. The third-order valence-corrected chi connectivity index (χ3v) is 6.07. The van der Waals surface area contributed by atoms with Crippen molar-refractivity contribution < 1.29 is 19.4 Å². The van der Waals surface area contributed by atoms with E-state index in [-0.39, 0.29) is 24.5 Å². The second-order valence-corrected chi connectivity index (χ2v) is 9.54. The lowest BCUT2D eigenvalue weighted by Gasteiger charge is -2.25. The van der Waals surface area contributed by atoms with Crippen LogP contribution in [0, 0.1) is 6.92 Å². The number of benzene rings is 1. The maximum Gasteiger partial charge on any atom is 0.325 e. The van der Waals surface area contributed by atoms with Gasteiger partial charge in [0, 0.05) is 0 Å². The van der Waals surface area contributed by atoms with Crippen molar-refractivity contribution in [2.45, 2.75) is 83.3 Å². The minimum Gasteiger partial charge on any atom is -0.491 e. The molecule has 1 saturated heterocycles. The van der Waals surface area contributed by atoms with Crippen molar-refractivity contribution in [2.24, 2.45) is 0 Å². The molecule has 0 aromatic heterocycles. The number of nitrogens with one attached hydrogen (secondary N) is 1. The summed E-state index contributed by atoms with van der Waals surface area (Å²) in [5, 5.41) is 13.3. The number of carbonyl (C=O) groups is 2. The van der Waals surface area contributed by atoms with Crippen molar-refractivity contribution in [2.75, 3.05) is 13.2 Å². The average Bonchev–Trinajstić information content (AvgIpc) is 2.81. The van der Waals surface area contributed by atoms with Gasteiger partial charge in [-0.15, -0.1) is 0 Å². The Morgan fingerprint density at radius 1 is 1.17 bits per heavy atom. The van der Waals surface area contributed by atoms with E-state index in [1.165, 1.54) is 5.56 Å². The molecular formula is C23H34N2O4. The van der Waals surface area contributed by atoms with E-state index in [2.05, 4.69) is 32.2 Å². The van der Waals surface area contributed by atoms with E-state index in [9.17, 15) is 14.7 Å². The molecular weight excluding hydrogens is 368 g/mol. The van der Waals surface area contributed by atoms with Crippen LogP contribution in [0.5, 0.6) is 5.75 Å². The quantitative estimate of drug-likeness (QED) is 0.737. The van der Waals surface area contributed by atoms with Crippen LogP contribution in [-0.4, -0.2) is 46.7 Å². The summed E-state index contributed by atoms with van der Waals surface area (Å²) < 4.78 is 5.78. The highest BCUT2D eigenvalue weighted by Gasteiger charge is 2.50. The van der Waals surface area contributed by atoms with Gasteiger partial charge in [0.1, 0.15) is 24.0 Å². The number of carbonyl (C=O) groups excluding carboxylic acids is 2. The summed E-state index contributed by atoms with van der Waals surface area (Å²) in [7, 11) is 0. The van der Waals surface area contributed by atoms with Crippen molar-refractivity contribution in [1.82, 2.24) is 10.2 Å². The highest BCUT2D eigenvalue weighted by Crippen LogP contribution is 2.33. The number of hydrogen-bond donors (Lipinski definition) is 2. The highest BCUT2D eigenvalue weighted by atomic mass is 16.5. The largest absolute Gasteiger partial charge is 0.491 e. The molecule has 1 aromatic rings. The molecule has 1 spiro atoms. The Kier molecular flexibility index (Phi) is 6.22. The van der Waals surface area contributed by atoms with Gasteiger partial charge in [0.2, 0.25) is 0 Å². The van der Waals surface area contributed by atoms with Gasteiger partial charge in [0.05, 0.1) is 6.54 Å². The number of aliphatic hydroxyl groups is 1. The zero-order chi connectivity index (χ0) is 21.2. The van der Waals surface area contributed by atoms with Gasteiger partial charge < -0.3 is 15.2 Å². The van der Waals surface area contributed by atoms with Crippen LogP contribution in [0.1, 0.15) is 70.4 Å². The smallest absolute Gasteiger partial charge is 0.325 e. The fraction of sp³-hybridized carbons (Fsp3) is 0.652. The predicted octanol–water partition coefficient (Wildman–Crippen LogP) is 3.68. The Hall–Kier alpha value is -2.08. The zero-order valence-electron chi connectivity index (χ0n) is 18.1. The van der Waals surface area contributed by atoms with Gasteiger partial charge in [-0.1, -0.05) is 58.6 Å². The standard InChI is InChI=1S/C23H34N2O4/c1-16-13-17(22(2,3)4)9-10-19(16)29-15-18(26)14-25-20(27)23(24-21(25)28)11-7-5-6-8-12-23/h9-10,13,18,26H,5-8,11-12,14-15H2,1-4H3,(H,24,28). The number of ether oxygens (including phenoxy) is 1. The van der Waals surface area contributed by atoms with Crippen LogP contribution in [0.15, 0.2) is 18.2 Å². The average molecular weight is 403 g/mol. The molecule has 2 fully saturated rings. The van der Waals surface area contributed by atoms with E-state index in [1.54, 1.807) is 0 Å². The molecule has 1 heterocycles. The highest BCUT2D eigenvalue weighted by molar-refractivity contribution is 6.07. The zero-order valence-corrected chi connectivity index (χ0v) is 18.1. The SMILES string of the molecule is Cc1cc(C(C)(C)C)ccc1OCC(O)CN1C(=O)NC2(CCCCCC2)C1=O. The van der Waals surface area contributed by atoms with Gasteiger partial charge >= 0.3 is 6.03 Å². The summed E-state index contributed by atoms with van der Waals surface area (Å²) in [5.41, 5.74) is 1.50. The Morgan fingerprint density at radius 2 is 1.83 bits per heavy atom. The van der Waals surface area contributed by atoms with E-state index in [0.717, 1.165) is 36.1 Å². The molecule has 29 heavy (non-hydrogen) atoms. The molecule has 2 aliphatic rings. The van der Waals surface area contributed by atoms with Crippen LogP contribution in [0.25, 0.3) is 0 Å². The van der Waals surface area contributed by atoms with E-state index in [4.69, 9.17) is 4.74 Å². The molecule has 1 atom stereocenters. The lowest BCUT2D eigenvalue weighted by atomic mass is 9.86. The van der Waals surface area contributed by atoms with Crippen LogP contribution in [-0.2, 0) is 10.2 Å².